The fourth-order valence-corrected chi connectivity index (χ4v) is 3.70. The molecule has 0 spiro atoms. The molecule has 0 aliphatic carbocycles. The Labute approximate surface area is 192 Å². The van der Waals surface area contributed by atoms with Crippen molar-refractivity contribution < 1.29 is 19.1 Å². The third-order valence-corrected chi connectivity index (χ3v) is 5.33. The van der Waals surface area contributed by atoms with E-state index in [1.165, 1.54) is 4.68 Å². The summed E-state index contributed by atoms with van der Waals surface area (Å²) in [5.74, 6) is -1.28. The molecule has 2 heterocycles. The molecule has 3 rings (SSSR count). The lowest BCUT2D eigenvalue weighted by Gasteiger charge is -2.32. The molecule has 10 nitrogen and oxygen atoms in total. The first-order chi connectivity index (χ1) is 15.6. The van der Waals surface area contributed by atoms with E-state index in [9.17, 15) is 19.2 Å². The second-order valence-electron chi connectivity index (χ2n) is 9.11. The molecule has 0 bridgehead atoms. The van der Waals surface area contributed by atoms with Crippen LogP contribution < -0.4 is 16.4 Å². The number of hydrazine groups is 1. The van der Waals surface area contributed by atoms with Crippen LogP contribution in [0.2, 0.25) is 0 Å². The fourth-order valence-electron chi connectivity index (χ4n) is 3.70. The van der Waals surface area contributed by atoms with Gasteiger partial charge in [-0.15, -0.1) is 0 Å². The Morgan fingerprint density at radius 3 is 2.33 bits per heavy atom. The summed E-state index contributed by atoms with van der Waals surface area (Å²) in [7, 11) is 0. The number of amides is 3. The third kappa shape index (κ3) is 5.88. The van der Waals surface area contributed by atoms with Gasteiger partial charge in [0.15, 0.2) is 5.69 Å². The molecule has 0 radical (unpaired) electrons. The topological polar surface area (TPSA) is 123 Å². The molecular formula is C23H31N5O5. The third-order valence-electron chi connectivity index (χ3n) is 5.33. The SMILES string of the molecule is CCCn1nc(C(=O)NNC(=O)C2CCN(C(=O)OC(C)(C)C)CC2)c2ccccc2c1=O. The molecule has 1 saturated heterocycles. The molecule has 178 valence electrons. The van der Waals surface area contributed by atoms with E-state index in [1.54, 1.807) is 49.9 Å². The van der Waals surface area contributed by atoms with Crippen LogP contribution in [0.25, 0.3) is 10.8 Å². The number of carbonyl (C=O) groups is 3. The zero-order chi connectivity index (χ0) is 24.2. The van der Waals surface area contributed by atoms with Gasteiger partial charge in [-0.05, 0) is 46.1 Å². The zero-order valence-electron chi connectivity index (χ0n) is 19.5. The molecule has 3 amide bonds. The number of fused-ring (bicyclic) bond motifs is 1. The number of nitrogens with one attached hydrogen (secondary N) is 2. The largest absolute Gasteiger partial charge is 0.444 e. The summed E-state index contributed by atoms with van der Waals surface area (Å²) < 4.78 is 6.64. The maximum atomic E-state index is 12.8. The Kier molecular flexibility index (Phi) is 7.35. The first kappa shape index (κ1) is 24.2. The molecule has 0 atom stereocenters. The zero-order valence-corrected chi connectivity index (χ0v) is 19.5. The monoisotopic (exact) mass is 457 g/mol. The number of carbonyl (C=O) groups excluding carboxylic acids is 3. The number of rotatable bonds is 4. The lowest BCUT2D eigenvalue weighted by atomic mass is 9.96. The summed E-state index contributed by atoms with van der Waals surface area (Å²) in [4.78, 5) is 51.8. The quantitative estimate of drug-likeness (QED) is 0.679. The molecule has 10 heteroatoms. The molecule has 1 aromatic heterocycles. The van der Waals surface area contributed by atoms with Gasteiger partial charge < -0.3 is 9.64 Å². The van der Waals surface area contributed by atoms with Gasteiger partial charge in [0.25, 0.3) is 11.5 Å². The number of hydrogen-bond donors (Lipinski definition) is 2. The van der Waals surface area contributed by atoms with Crippen molar-refractivity contribution in [2.24, 2.45) is 5.92 Å². The minimum absolute atomic E-state index is 0.0682. The number of aryl methyl sites for hydroxylation is 1. The van der Waals surface area contributed by atoms with Crippen LogP contribution in [0, 0.1) is 5.92 Å². The van der Waals surface area contributed by atoms with E-state index in [0.717, 1.165) is 0 Å². The highest BCUT2D eigenvalue weighted by Gasteiger charge is 2.30. The highest BCUT2D eigenvalue weighted by atomic mass is 16.6. The van der Waals surface area contributed by atoms with Gasteiger partial charge in [-0.2, -0.15) is 5.10 Å². The van der Waals surface area contributed by atoms with Crippen molar-refractivity contribution in [3.8, 4) is 0 Å². The lowest BCUT2D eigenvalue weighted by molar-refractivity contribution is -0.127. The Morgan fingerprint density at radius 2 is 1.73 bits per heavy atom. The highest BCUT2D eigenvalue weighted by Crippen LogP contribution is 2.20. The van der Waals surface area contributed by atoms with E-state index < -0.39 is 17.6 Å². The van der Waals surface area contributed by atoms with Crippen LogP contribution in [0.1, 0.15) is 57.4 Å². The van der Waals surface area contributed by atoms with Gasteiger partial charge in [-0.1, -0.05) is 25.1 Å². The first-order valence-corrected chi connectivity index (χ1v) is 11.2. The Bertz CT molecular complexity index is 1100. The van der Waals surface area contributed by atoms with Crippen molar-refractivity contribution in [2.45, 2.75) is 59.1 Å². The van der Waals surface area contributed by atoms with Gasteiger partial charge in [0.2, 0.25) is 5.91 Å². The van der Waals surface area contributed by atoms with Crippen molar-refractivity contribution in [3.05, 3.63) is 40.3 Å². The average Bonchev–Trinajstić information content (AvgIpc) is 2.78. The molecule has 1 fully saturated rings. The van der Waals surface area contributed by atoms with Crippen LogP contribution in [-0.2, 0) is 16.1 Å². The van der Waals surface area contributed by atoms with Crippen LogP contribution in [0.4, 0.5) is 4.79 Å². The summed E-state index contributed by atoms with van der Waals surface area (Å²) in [5, 5.41) is 5.04. The Hall–Kier alpha value is -3.43. The smallest absolute Gasteiger partial charge is 0.410 e. The number of nitrogens with zero attached hydrogens (tertiary/aromatic N) is 3. The molecule has 33 heavy (non-hydrogen) atoms. The maximum absolute atomic E-state index is 12.8. The molecular weight excluding hydrogens is 426 g/mol. The number of likely N-dealkylation sites (tertiary alicyclic amines) is 1. The van der Waals surface area contributed by atoms with Crippen molar-refractivity contribution >= 4 is 28.7 Å². The normalized spacial score (nSPS) is 14.7. The second-order valence-corrected chi connectivity index (χ2v) is 9.11. The van der Waals surface area contributed by atoms with E-state index >= 15 is 0 Å². The van der Waals surface area contributed by atoms with Gasteiger partial charge in [-0.25, -0.2) is 9.48 Å². The minimum Gasteiger partial charge on any atom is -0.444 e. The Morgan fingerprint density at radius 1 is 1.09 bits per heavy atom. The summed E-state index contributed by atoms with van der Waals surface area (Å²) >= 11 is 0. The predicted octanol–water partition coefficient (Wildman–Crippen LogP) is 2.21. The summed E-state index contributed by atoms with van der Waals surface area (Å²) in [6.07, 6.45) is 1.22. The lowest BCUT2D eigenvalue weighted by Crippen LogP contribution is -2.49. The van der Waals surface area contributed by atoms with Gasteiger partial charge >= 0.3 is 6.09 Å². The van der Waals surface area contributed by atoms with Crippen LogP contribution in [0.5, 0.6) is 0 Å². The predicted molar refractivity (Wildman–Crippen MR) is 122 cm³/mol. The molecule has 1 aliphatic rings. The van der Waals surface area contributed by atoms with Gasteiger partial charge in [0.05, 0.1) is 5.39 Å². The maximum Gasteiger partial charge on any atom is 0.410 e. The minimum atomic E-state index is -0.601. The van der Waals surface area contributed by atoms with E-state index in [0.29, 0.717) is 49.7 Å². The Balaban J connectivity index is 1.62. The standard InChI is InChI=1S/C23H31N5O5/c1-5-12-28-21(31)17-9-7-6-8-16(17)18(26-28)20(30)25-24-19(29)15-10-13-27(14-11-15)22(32)33-23(2,3)4/h6-9,15H,5,10-14H2,1-4H3,(H,24,29)(H,25,30). The molecule has 1 aromatic carbocycles. The second kappa shape index (κ2) is 10.0. The van der Waals surface area contributed by atoms with Crippen LogP contribution in [0.15, 0.2) is 29.1 Å². The molecule has 2 aromatic rings. The van der Waals surface area contributed by atoms with Crippen LogP contribution in [0.3, 0.4) is 0 Å². The number of aromatic nitrogens is 2. The molecule has 0 unspecified atom stereocenters. The van der Waals surface area contributed by atoms with Crippen molar-refractivity contribution in [3.63, 3.8) is 0 Å². The van der Waals surface area contributed by atoms with E-state index in [1.807, 2.05) is 6.92 Å². The van der Waals surface area contributed by atoms with Gasteiger partial charge in [-0.3, -0.25) is 25.2 Å². The number of piperidine rings is 1. The van der Waals surface area contributed by atoms with Crippen molar-refractivity contribution in [1.82, 2.24) is 25.5 Å². The van der Waals surface area contributed by atoms with Crippen LogP contribution in [-0.4, -0.2) is 51.3 Å². The summed E-state index contributed by atoms with van der Waals surface area (Å²) in [5.41, 5.74) is 4.12. The number of benzene rings is 1. The van der Waals surface area contributed by atoms with E-state index in [-0.39, 0.29) is 23.1 Å². The van der Waals surface area contributed by atoms with Gasteiger partial charge in [0, 0.05) is 30.9 Å². The summed E-state index contributed by atoms with van der Waals surface area (Å²) in [6, 6.07) is 6.76. The van der Waals surface area contributed by atoms with Gasteiger partial charge in [0.1, 0.15) is 5.60 Å². The molecule has 2 N–H and O–H groups in total. The number of ether oxygens (including phenoxy) is 1. The van der Waals surface area contributed by atoms with Crippen molar-refractivity contribution in [1.29, 1.82) is 0 Å². The molecule has 1 aliphatic heterocycles. The van der Waals surface area contributed by atoms with E-state index in [2.05, 4.69) is 16.0 Å². The summed E-state index contributed by atoms with van der Waals surface area (Å²) in [6.45, 7) is 8.51. The van der Waals surface area contributed by atoms with E-state index in [4.69, 9.17) is 4.74 Å². The number of hydrogen-bond acceptors (Lipinski definition) is 6. The fraction of sp³-hybridized carbons (Fsp3) is 0.522. The first-order valence-electron chi connectivity index (χ1n) is 11.2. The average molecular weight is 458 g/mol. The van der Waals surface area contributed by atoms with Crippen LogP contribution >= 0.6 is 0 Å². The molecule has 0 saturated carbocycles. The highest BCUT2D eigenvalue weighted by molar-refractivity contribution is 6.05. The van der Waals surface area contributed by atoms with Crippen molar-refractivity contribution in [2.75, 3.05) is 13.1 Å².